The summed E-state index contributed by atoms with van der Waals surface area (Å²) >= 11 is 0. The van der Waals surface area contributed by atoms with Crippen LogP contribution in [0.3, 0.4) is 0 Å². The Morgan fingerprint density at radius 1 is 1.15 bits per heavy atom. The Morgan fingerprint density at radius 3 is 1.62 bits per heavy atom. The third-order valence-electron chi connectivity index (χ3n) is 0.885. The Balaban J connectivity index is 0. The van der Waals surface area contributed by atoms with Crippen molar-refractivity contribution in [2.75, 3.05) is 27.3 Å². The molecule has 0 fully saturated rings. The quantitative estimate of drug-likeness (QED) is 0.539. The highest BCUT2D eigenvalue weighted by atomic mass is 16.7. The predicted molar refractivity (Wildman–Crippen MR) is 53.2 cm³/mol. The van der Waals surface area contributed by atoms with Gasteiger partial charge in [0, 0.05) is 20.7 Å². The zero-order valence-electron chi connectivity index (χ0n) is 9.63. The fourth-order valence-electron chi connectivity index (χ4n) is 0.611. The molecule has 0 saturated carbocycles. The zero-order chi connectivity index (χ0) is 10.9. The zero-order valence-corrected chi connectivity index (χ0v) is 9.63. The molecule has 0 aromatic heterocycles. The van der Waals surface area contributed by atoms with Crippen molar-refractivity contribution < 1.29 is 14.7 Å². The van der Waals surface area contributed by atoms with Gasteiger partial charge in [-0.25, -0.2) is 0 Å². The van der Waals surface area contributed by atoms with E-state index in [1.54, 1.807) is 18.9 Å². The van der Waals surface area contributed by atoms with Gasteiger partial charge in [-0.2, -0.15) is 5.06 Å². The number of nitrogens with zero attached hydrogens (tertiary/aromatic N) is 1. The normalized spacial score (nSPS) is 11.1. The Morgan fingerprint density at radius 2 is 1.62 bits per heavy atom. The fourth-order valence-corrected chi connectivity index (χ4v) is 0.611. The lowest BCUT2D eigenvalue weighted by Crippen LogP contribution is -2.22. The van der Waals surface area contributed by atoms with Crippen LogP contribution in [0, 0.1) is 0 Å². The van der Waals surface area contributed by atoms with E-state index in [4.69, 9.17) is 14.7 Å². The molecule has 0 atom stereocenters. The van der Waals surface area contributed by atoms with Crippen LogP contribution >= 0.6 is 0 Å². The number of hydroxylamine groups is 2. The molecule has 0 spiro atoms. The summed E-state index contributed by atoms with van der Waals surface area (Å²) in [6, 6.07) is 0. The van der Waals surface area contributed by atoms with Crippen LogP contribution in [-0.4, -0.2) is 43.3 Å². The Kier molecular flexibility index (Phi) is 9.94. The molecule has 0 radical (unpaired) electrons. The molecule has 0 aromatic rings. The minimum atomic E-state index is -0.950. The van der Waals surface area contributed by atoms with Crippen molar-refractivity contribution in [3.8, 4) is 0 Å². The van der Waals surface area contributed by atoms with Crippen molar-refractivity contribution in [1.29, 1.82) is 0 Å². The van der Waals surface area contributed by atoms with Gasteiger partial charge in [-0.1, -0.05) is 0 Å². The molecule has 0 unspecified atom stereocenters. The number of hydrogen-bond acceptors (Lipinski definition) is 4. The Labute approximate surface area is 81.4 Å². The molecule has 0 saturated heterocycles. The molecular formula is C9H23NO3. The van der Waals surface area contributed by atoms with Gasteiger partial charge in [-0.3, -0.25) is 4.84 Å². The third kappa shape index (κ3) is 24.5. The number of hydrogen-bond donors (Lipinski definition) is 1. The van der Waals surface area contributed by atoms with Crippen LogP contribution in [0.5, 0.6) is 0 Å². The van der Waals surface area contributed by atoms with E-state index in [1.807, 2.05) is 27.9 Å². The van der Waals surface area contributed by atoms with Gasteiger partial charge in [0.1, 0.15) is 0 Å². The van der Waals surface area contributed by atoms with Crippen molar-refractivity contribution in [3.05, 3.63) is 0 Å². The summed E-state index contributed by atoms with van der Waals surface area (Å²) in [7, 11) is 3.73. The van der Waals surface area contributed by atoms with E-state index in [2.05, 4.69) is 0 Å². The van der Waals surface area contributed by atoms with Crippen molar-refractivity contribution in [1.82, 2.24) is 5.06 Å². The topological polar surface area (TPSA) is 41.9 Å². The third-order valence-corrected chi connectivity index (χ3v) is 0.885. The second kappa shape index (κ2) is 8.44. The highest BCUT2D eigenvalue weighted by Crippen LogP contribution is 2.00. The molecule has 0 heterocycles. The van der Waals surface area contributed by atoms with Crippen LogP contribution in [0.4, 0.5) is 0 Å². The Bertz CT molecular complexity index is 99.5. The maximum absolute atomic E-state index is 8.80. The summed E-state index contributed by atoms with van der Waals surface area (Å²) in [5, 5.41) is 10.5. The summed E-state index contributed by atoms with van der Waals surface area (Å²) in [5.74, 6) is -0.950. The van der Waals surface area contributed by atoms with Crippen LogP contribution in [-0.2, 0) is 9.57 Å². The van der Waals surface area contributed by atoms with Crippen LogP contribution in [0.2, 0.25) is 0 Å². The second-order valence-corrected chi connectivity index (χ2v) is 3.11. The maximum atomic E-state index is 8.80. The predicted octanol–water partition coefficient (Wildman–Crippen LogP) is 1.25. The molecule has 0 amide bonds. The van der Waals surface area contributed by atoms with Crippen molar-refractivity contribution in [2.24, 2.45) is 0 Å². The van der Waals surface area contributed by atoms with Crippen LogP contribution in [0.15, 0.2) is 0 Å². The summed E-state index contributed by atoms with van der Waals surface area (Å²) in [4.78, 5) is 4.88. The first-order valence-corrected chi connectivity index (χ1v) is 4.50. The highest BCUT2D eigenvalue weighted by Gasteiger charge is 2.08. The first kappa shape index (κ1) is 15.3. The van der Waals surface area contributed by atoms with E-state index in [9.17, 15) is 0 Å². The largest absolute Gasteiger partial charge is 0.366 e. The molecule has 0 bridgehead atoms. The van der Waals surface area contributed by atoms with Crippen LogP contribution < -0.4 is 0 Å². The number of aliphatic hydroxyl groups is 1. The summed E-state index contributed by atoms with van der Waals surface area (Å²) in [5.41, 5.74) is 0. The highest BCUT2D eigenvalue weighted by molar-refractivity contribution is 4.44. The average molecular weight is 193 g/mol. The van der Waals surface area contributed by atoms with E-state index >= 15 is 0 Å². The molecule has 0 aliphatic rings. The maximum Gasteiger partial charge on any atom is 0.159 e. The Hall–Kier alpha value is -0.160. The standard InChI is InChI=1S/C5H12O2.C4H11NO/c1-4-7-5(2,3)6;1-4-6-5(2)3/h6H,4H2,1-3H3;4H2,1-3H3. The molecular weight excluding hydrogens is 170 g/mol. The lowest BCUT2D eigenvalue weighted by molar-refractivity contribution is -0.172. The van der Waals surface area contributed by atoms with Gasteiger partial charge in [0.15, 0.2) is 5.79 Å². The van der Waals surface area contributed by atoms with E-state index < -0.39 is 5.79 Å². The molecule has 4 nitrogen and oxygen atoms in total. The van der Waals surface area contributed by atoms with Crippen LogP contribution in [0.25, 0.3) is 0 Å². The first-order valence-electron chi connectivity index (χ1n) is 4.50. The summed E-state index contributed by atoms with van der Waals surface area (Å²) in [6.45, 7) is 8.33. The monoisotopic (exact) mass is 193 g/mol. The van der Waals surface area contributed by atoms with Gasteiger partial charge in [-0.15, -0.1) is 0 Å². The molecule has 13 heavy (non-hydrogen) atoms. The molecule has 0 aromatic carbocycles. The van der Waals surface area contributed by atoms with E-state index in [-0.39, 0.29) is 0 Å². The minimum absolute atomic E-state index is 0.559. The second-order valence-electron chi connectivity index (χ2n) is 3.11. The molecule has 0 aliphatic carbocycles. The molecule has 0 rings (SSSR count). The van der Waals surface area contributed by atoms with Gasteiger partial charge in [0.25, 0.3) is 0 Å². The minimum Gasteiger partial charge on any atom is -0.366 e. The van der Waals surface area contributed by atoms with Crippen molar-refractivity contribution >= 4 is 0 Å². The van der Waals surface area contributed by atoms with Gasteiger partial charge >= 0.3 is 0 Å². The average Bonchev–Trinajstić information content (AvgIpc) is 1.84. The first-order chi connectivity index (χ1) is 5.83. The van der Waals surface area contributed by atoms with Crippen molar-refractivity contribution in [2.45, 2.75) is 33.5 Å². The van der Waals surface area contributed by atoms with E-state index in [0.29, 0.717) is 6.61 Å². The van der Waals surface area contributed by atoms with Gasteiger partial charge < -0.3 is 9.84 Å². The summed E-state index contributed by atoms with van der Waals surface area (Å²) < 4.78 is 4.78. The molecule has 4 heteroatoms. The number of rotatable bonds is 4. The fraction of sp³-hybridized carbons (Fsp3) is 1.00. The van der Waals surface area contributed by atoms with Gasteiger partial charge in [0.2, 0.25) is 0 Å². The SMILES string of the molecule is CCOC(C)(C)O.CCON(C)C. The van der Waals surface area contributed by atoms with E-state index in [1.165, 1.54) is 0 Å². The smallest absolute Gasteiger partial charge is 0.159 e. The van der Waals surface area contributed by atoms with Gasteiger partial charge in [-0.05, 0) is 27.7 Å². The lowest BCUT2D eigenvalue weighted by atomic mass is 10.4. The number of ether oxygens (including phenoxy) is 1. The van der Waals surface area contributed by atoms with Gasteiger partial charge in [0.05, 0.1) is 6.61 Å². The summed E-state index contributed by atoms with van der Waals surface area (Å²) in [6.07, 6.45) is 0. The molecule has 0 aliphatic heterocycles. The van der Waals surface area contributed by atoms with E-state index in [0.717, 1.165) is 6.61 Å². The molecule has 82 valence electrons. The van der Waals surface area contributed by atoms with Crippen LogP contribution in [0.1, 0.15) is 27.7 Å². The van der Waals surface area contributed by atoms with Crippen molar-refractivity contribution in [3.63, 3.8) is 0 Å². The molecule has 1 N–H and O–H groups in total. The lowest BCUT2D eigenvalue weighted by Gasteiger charge is -2.15.